The summed E-state index contributed by atoms with van der Waals surface area (Å²) in [5.41, 5.74) is 2.08. The van der Waals surface area contributed by atoms with Crippen molar-refractivity contribution in [3.63, 3.8) is 0 Å². The maximum absolute atomic E-state index is 5.84. The van der Waals surface area contributed by atoms with Gasteiger partial charge in [0.2, 0.25) is 11.8 Å². The second-order valence-corrected chi connectivity index (χ2v) is 5.32. The van der Waals surface area contributed by atoms with Crippen molar-refractivity contribution >= 4 is 11.6 Å². The molecule has 0 bridgehead atoms. The van der Waals surface area contributed by atoms with Crippen LogP contribution in [0.2, 0.25) is 5.02 Å². The zero-order chi connectivity index (χ0) is 15.4. The molecular weight excluding hydrogens is 300 g/mol. The zero-order valence-corrected chi connectivity index (χ0v) is 12.9. The Labute approximate surface area is 133 Å². The van der Waals surface area contributed by atoms with Crippen molar-refractivity contribution in [1.29, 1.82) is 0 Å². The first kappa shape index (κ1) is 14.6. The molecule has 0 aliphatic heterocycles. The molecular formula is C17H15ClN2O2. The van der Waals surface area contributed by atoms with E-state index < -0.39 is 0 Å². The SMILES string of the molecule is Cc1nnc(-c2cccc(CCOc3ccc(Cl)cc3)c2)o1. The van der Waals surface area contributed by atoms with Gasteiger partial charge in [-0.3, -0.25) is 0 Å². The highest BCUT2D eigenvalue weighted by atomic mass is 35.5. The second-order valence-electron chi connectivity index (χ2n) is 4.88. The van der Waals surface area contributed by atoms with Gasteiger partial charge in [-0.1, -0.05) is 23.7 Å². The number of halogens is 1. The van der Waals surface area contributed by atoms with Crippen LogP contribution in [-0.4, -0.2) is 16.8 Å². The summed E-state index contributed by atoms with van der Waals surface area (Å²) < 4.78 is 11.1. The number of nitrogens with zero attached hydrogens (tertiary/aromatic N) is 2. The van der Waals surface area contributed by atoms with Crippen molar-refractivity contribution in [3.05, 3.63) is 65.0 Å². The molecule has 5 heteroatoms. The fraction of sp³-hybridized carbons (Fsp3) is 0.176. The molecule has 4 nitrogen and oxygen atoms in total. The molecule has 0 amide bonds. The van der Waals surface area contributed by atoms with E-state index >= 15 is 0 Å². The summed E-state index contributed by atoms with van der Waals surface area (Å²) >= 11 is 5.84. The Hall–Kier alpha value is -2.33. The highest BCUT2D eigenvalue weighted by Crippen LogP contribution is 2.20. The lowest BCUT2D eigenvalue weighted by Gasteiger charge is -2.07. The Morgan fingerprint density at radius 2 is 1.91 bits per heavy atom. The van der Waals surface area contributed by atoms with Crippen molar-refractivity contribution in [1.82, 2.24) is 10.2 Å². The van der Waals surface area contributed by atoms with Crippen LogP contribution in [0.3, 0.4) is 0 Å². The third kappa shape index (κ3) is 3.65. The van der Waals surface area contributed by atoms with Crippen molar-refractivity contribution in [2.75, 3.05) is 6.61 Å². The van der Waals surface area contributed by atoms with Gasteiger partial charge in [0.25, 0.3) is 0 Å². The Balaban J connectivity index is 1.62. The minimum Gasteiger partial charge on any atom is -0.493 e. The monoisotopic (exact) mass is 314 g/mol. The smallest absolute Gasteiger partial charge is 0.247 e. The highest BCUT2D eigenvalue weighted by molar-refractivity contribution is 6.30. The minimum atomic E-state index is 0.540. The Kier molecular flexibility index (Phi) is 4.39. The highest BCUT2D eigenvalue weighted by Gasteiger charge is 2.06. The van der Waals surface area contributed by atoms with Crippen LogP contribution in [0.4, 0.5) is 0 Å². The van der Waals surface area contributed by atoms with E-state index in [-0.39, 0.29) is 0 Å². The molecule has 3 rings (SSSR count). The van der Waals surface area contributed by atoms with Gasteiger partial charge in [0.15, 0.2) is 0 Å². The lowest BCUT2D eigenvalue weighted by atomic mass is 10.1. The summed E-state index contributed by atoms with van der Waals surface area (Å²) in [5.74, 6) is 1.91. The molecule has 0 saturated carbocycles. The van der Waals surface area contributed by atoms with Crippen LogP contribution in [0, 0.1) is 6.92 Å². The maximum atomic E-state index is 5.84. The number of hydrogen-bond donors (Lipinski definition) is 0. The quantitative estimate of drug-likeness (QED) is 0.703. The molecule has 0 aliphatic rings. The van der Waals surface area contributed by atoms with Crippen molar-refractivity contribution < 1.29 is 9.15 Å². The molecule has 22 heavy (non-hydrogen) atoms. The van der Waals surface area contributed by atoms with Gasteiger partial charge < -0.3 is 9.15 Å². The predicted molar refractivity (Wildman–Crippen MR) is 85.1 cm³/mol. The molecule has 2 aromatic carbocycles. The van der Waals surface area contributed by atoms with Crippen LogP contribution < -0.4 is 4.74 Å². The van der Waals surface area contributed by atoms with Gasteiger partial charge in [-0.15, -0.1) is 10.2 Å². The van der Waals surface area contributed by atoms with Gasteiger partial charge in [0.05, 0.1) is 6.61 Å². The Morgan fingerprint density at radius 1 is 1.09 bits per heavy atom. The molecule has 112 valence electrons. The lowest BCUT2D eigenvalue weighted by molar-refractivity contribution is 0.322. The molecule has 0 spiro atoms. The first-order valence-corrected chi connectivity index (χ1v) is 7.36. The molecule has 0 fully saturated rings. The number of aryl methyl sites for hydroxylation is 1. The van der Waals surface area contributed by atoms with Crippen LogP contribution in [-0.2, 0) is 6.42 Å². The number of hydrogen-bond acceptors (Lipinski definition) is 4. The topological polar surface area (TPSA) is 48.2 Å². The molecule has 3 aromatic rings. The number of rotatable bonds is 5. The lowest BCUT2D eigenvalue weighted by Crippen LogP contribution is -2.01. The normalized spacial score (nSPS) is 10.6. The van der Waals surface area contributed by atoms with E-state index in [2.05, 4.69) is 16.3 Å². The van der Waals surface area contributed by atoms with Gasteiger partial charge in [-0.25, -0.2) is 0 Å². The standard InChI is InChI=1S/C17H15ClN2O2/c1-12-19-20-17(22-12)14-4-2-3-13(11-14)9-10-21-16-7-5-15(18)6-8-16/h2-8,11H,9-10H2,1H3. The molecule has 0 unspecified atom stereocenters. The van der Waals surface area contributed by atoms with Crippen LogP contribution in [0.25, 0.3) is 11.5 Å². The minimum absolute atomic E-state index is 0.540. The van der Waals surface area contributed by atoms with Crippen molar-refractivity contribution in [3.8, 4) is 17.2 Å². The fourth-order valence-electron chi connectivity index (χ4n) is 2.09. The molecule has 0 N–H and O–H groups in total. The third-order valence-electron chi connectivity index (χ3n) is 3.17. The maximum Gasteiger partial charge on any atom is 0.247 e. The molecule has 0 saturated heterocycles. The molecule has 1 aromatic heterocycles. The first-order valence-electron chi connectivity index (χ1n) is 6.98. The van der Waals surface area contributed by atoms with E-state index in [0.29, 0.717) is 23.4 Å². The van der Waals surface area contributed by atoms with E-state index in [1.54, 1.807) is 6.92 Å². The largest absolute Gasteiger partial charge is 0.493 e. The third-order valence-corrected chi connectivity index (χ3v) is 3.43. The molecule has 1 heterocycles. The Bertz CT molecular complexity index is 753. The van der Waals surface area contributed by atoms with Gasteiger partial charge in [0, 0.05) is 23.9 Å². The number of ether oxygens (including phenoxy) is 1. The van der Waals surface area contributed by atoms with Gasteiger partial charge in [0.1, 0.15) is 5.75 Å². The van der Waals surface area contributed by atoms with Gasteiger partial charge in [-0.2, -0.15) is 0 Å². The van der Waals surface area contributed by atoms with Gasteiger partial charge in [-0.05, 0) is 42.0 Å². The zero-order valence-electron chi connectivity index (χ0n) is 12.1. The molecule has 0 atom stereocenters. The van der Waals surface area contributed by atoms with E-state index in [0.717, 1.165) is 23.3 Å². The van der Waals surface area contributed by atoms with Crippen molar-refractivity contribution in [2.45, 2.75) is 13.3 Å². The van der Waals surface area contributed by atoms with Crippen LogP contribution in [0.15, 0.2) is 52.9 Å². The summed E-state index contributed by atoms with van der Waals surface area (Å²) in [4.78, 5) is 0. The Morgan fingerprint density at radius 3 is 2.64 bits per heavy atom. The molecule has 0 radical (unpaired) electrons. The summed E-state index contributed by atoms with van der Waals surface area (Å²) in [7, 11) is 0. The van der Waals surface area contributed by atoms with E-state index in [4.69, 9.17) is 20.8 Å². The van der Waals surface area contributed by atoms with Crippen LogP contribution >= 0.6 is 11.6 Å². The average Bonchev–Trinajstić information content (AvgIpc) is 2.96. The predicted octanol–water partition coefficient (Wildman–Crippen LogP) is 4.32. The fourth-order valence-corrected chi connectivity index (χ4v) is 2.22. The van der Waals surface area contributed by atoms with E-state index in [1.807, 2.05) is 42.5 Å². The van der Waals surface area contributed by atoms with E-state index in [1.165, 1.54) is 0 Å². The number of aromatic nitrogens is 2. The van der Waals surface area contributed by atoms with Gasteiger partial charge >= 0.3 is 0 Å². The van der Waals surface area contributed by atoms with Crippen LogP contribution in [0.5, 0.6) is 5.75 Å². The molecule has 0 aliphatic carbocycles. The summed E-state index contributed by atoms with van der Waals surface area (Å²) in [6.07, 6.45) is 0.795. The van der Waals surface area contributed by atoms with Crippen molar-refractivity contribution in [2.24, 2.45) is 0 Å². The average molecular weight is 315 g/mol. The summed E-state index contributed by atoms with van der Waals surface area (Å²) in [6, 6.07) is 15.4. The summed E-state index contributed by atoms with van der Waals surface area (Å²) in [5, 5.41) is 8.59. The number of benzene rings is 2. The van der Waals surface area contributed by atoms with Crippen LogP contribution in [0.1, 0.15) is 11.5 Å². The first-order chi connectivity index (χ1) is 10.7. The summed E-state index contributed by atoms with van der Waals surface area (Å²) in [6.45, 7) is 2.37. The van der Waals surface area contributed by atoms with E-state index in [9.17, 15) is 0 Å². The second kappa shape index (κ2) is 6.62.